The predicted octanol–water partition coefficient (Wildman–Crippen LogP) is 22.0. The number of carboxylic acids is 2. The molecule has 4 aromatic rings. The zero-order valence-corrected chi connectivity index (χ0v) is 99.2. The van der Waals surface area contributed by atoms with Gasteiger partial charge in [-0.3, -0.25) is 24.1 Å². The Kier molecular flexibility index (Phi) is 66.1. The van der Waals surface area contributed by atoms with E-state index in [1.54, 1.807) is 120 Å². The van der Waals surface area contributed by atoms with Crippen molar-refractivity contribution >= 4 is 177 Å². The number of halogens is 3. The summed E-state index contributed by atoms with van der Waals surface area (Å²) < 4.78 is 44.4. The maximum Gasteiger partial charge on any atom is 1.00 e. The quantitative estimate of drug-likeness (QED) is 0.00904. The first kappa shape index (κ1) is 139. The summed E-state index contributed by atoms with van der Waals surface area (Å²) in [5.41, 5.74) is 5.45. The molecule has 0 saturated heterocycles. The number of anilines is 1. The molecule has 4 atom stereocenters. The van der Waals surface area contributed by atoms with Gasteiger partial charge in [0.1, 0.15) is 28.4 Å². The van der Waals surface area contributed by atoms with Crippen molar-refractivity contribution < 1.29 is 119 Å². The minimum atomic E-state index is -1.87. The van der Waals surface area contributed by atoms with E-state index in [-0.39, 0.29) is 113 Å². The SMILES string of the molecule is CC(C)(C)[Si](C)(C)Cl.CC(C)(C)[Si](C)(C)OCc1csc(Br)n1.CC(C)C(C(=O)O)N(C)C(=O)OC(C)(C)C.CC(C)C(CC(=O)O)N(C)C(=O)OC(C)(C)C.CC(C)[C@@H](CC(=O)c1nc(CO[Si](C)(C)C(C)(C)C)cs1)N(C)C(=O)OC(C)(C)C.CCOC(=O)c1csc(Br)n1.CCOC(=O)c1csc(N)n1.CON(C)C(=O)CC(C(C)C)N(C)C(=O)OC(C)(C)C.[CH2-]CCC.[Li+]. The molecule has 0 fully saturated rings. The molecule has 31 nitrogen and oxygen atoms in total. The van der Waals surface area contributed by atoms with Gasteiger partial charge in [-0.2, -0.15) is 17.5 Å². The molecule has 133 heavy (non-hydrogen) atoms. The van der Waals surface area contributed by atoms with Crippen molar-refractivity contribution in [3.8, 4) is 0 Å². The van der Waals surface area contributed by atoms with Crippen LogP contribution in [0.25, 0.3) is 0 Å². The van der Waals surface area contributed by atoms with E-state index in [9.17, 15) is 47.9 Å². The van der Waals surface area contributed by atoms with E-state index in [4.69, 9.17) is 69.1 Å². The molecule has 0 spiro atoms. The molecule has 766 valence electrons. The van der Waals surface area contributed by atoms with Crippen LogP contribution < -0.4 is 24.6 Å². The number of thiazole rings is 4. The minimum absolute atomic E-state index is 0. The number of hydrogen-bond donors (Lipinski definition) is 3. The van der Waals surface area contributed by atoms with Crippen LogP contribution in [-0.4, -0.2) is 241 Å². The van der Waals surface area contributed by atoms with E-state index in [1.807, 2.05) is 93.8 Å². The number of carbonyl (C=O) groups is 10. The number of amides is 5. The number of aromatic nitrogens is 4. The van der Waals surface area contributed by atoms with E-state index >= 15 is 0 Å². The van der Waals surface area contributed by atoms with Gasteiger partial charge in [0.25, 0.3) is 0 Å². The largest absolute Gasteiger partial charge is 1.00 e. The number of rotatable bonds is 28. The first-order valence-electron chi connectivity index (χ1n) is 44.0. The number of hydroxylamine groups is 2. The average Bonchev–Trinajstić information content (AvgIpc) is 1.82. The number of nitrogens with two attached hydrogens (primary N) is 1. The van der Waals surface area contributed by atoms with Gasteiger partial charge in [0, 0.05) is 87.7 Å². The summed E-state index contributed by atoms with van der Waals surface area (Å²) in [7, 11) is 4.44. The monoisotopic (exact) mass is 2150 g/mol. The molecule has 4 aromatic heterocycles. The fraction of sp³-hybridized carbons (Fsp3) is 0.747. The number of aliphatic carboxylic acids is 2. The summed E-state index contributed by atoms with van der Waals surface area (Å²) in [4.78, 5) is 143. The molecule has 0 aliphatic heterocycles. The summed E-state index contributed by atoms with van der Waals surface area (Å²) in [6, 6.07) is -1.73. The van der Waals surface area contributed by atoms with Crippen LogP contribution in [0.2, 0.25) is 54.4 Å². The van der Waals surface area contributed by atoms with Crippen molar-refractivity contribution in [1.82, 2.24) is 44.6 Å². The fourth-order valence-electron chi connectivity index (χ4n) is 9.01. The van der Waals surface area contributed by atoms with E-state index in [0.29, 0.717) is 51.2 Å². The molecule has 4 heterocycles. The van der Waals surface area contributed by atoms with Crippen LogP contribution in [-0.2, 0) is 69.7 Å². The van der Waals surface area contributed by atoms with Crippen LogP contribution in [0.3, 0.4) is 0 Å². The molecule has 0 aliphatic carbocycles. The van der Waals surface area contributed by atoms with Crippen LogP contribution in [0, 0.1) is 30.6 Å². The molecule has 0 bridgehead atoms. The van der Waals surface area contributed by atoms with Gasteiger partial charge in [0.2, 0.25) is 5.91 Å². The Balaban J connectivity index is -0.000000353. The van der Waals surface area contributed by atoms with Crippen molar-refractivity contribution in [3.63, 3.8) is 0 Å². The summed E-state index contributed by atoms with van der Waals surface area (Å²) in [5, 5.41) is 27.7. The van der Waals surface area contributed by atoms with Crippen molar-refractivity contribution in [2.75, 3.05) is 61.3 Å². The van der Waals surface area contributed by atoms with Gasteiger partial charge in [-0.1, -0.05) is 144 Å². The number of likely N-dealkylation sites (N-methyl/N-ethyl adjacent to an activating group) is 1. The number of nitrogen functional groups attached to an aromatic ring is 1. The van der Waals surface area contributed by atoms with Gasteiger partial charge >= 0.3 is 67.1 Å². The van der Waals surface area contributed by atoms with Crippen molar-refractivity contribution in [1.29, 1.82) is 0 Å². The Hall–Kier alpha value is -5.20. The molecule has 0 radical (unpaired) electrons. The molecule has 5 amide bonds. The van der Waals surface area contributed by atoms with Gasteiger partial charge in [0.05, 0.1) is 51.3 Å². The van der Waals surface area contributed by atoms with Gasteiger partial charge in [-0.25, -0.2) is 58.6 Å². The second kappa shape index (κ2) is 63.5. The summed E-state index contributed by atoms with van der Waals surface area (Å²) in [6.07, 6.45) is 0.654. The van der Waals surface area contributed by atoms with Crippen molar-refractivity contribution in [3.05, 3.63) is 64.1 Å². The normalized spacial score (nSPS) is 12.6. The van der Waals surface area contributed by atoms with Gasteiger partial charge in [-0.15, -0.1) is 45.3 Å². The van der Waals surface area contributed by atoms with E-state index in [0.717, 1.165) is 31.7 Å². The van der Waals surface area contributed by atoms with Crippen molar-refractivity contribution in [2.45, 2.75) is 368 Å². The summed E-state index contributed by atoms with van der Waals surface area (Å²) >= 11 is 18.2. The third-order valence-electron chi connectivity index (χ3n) is 19.8. The number of ether oxygens (including phenoxy) is 6. The summed E-state index contributed by atoms with van der Waals surface area (Å²) in [5.74, 6) is -2.85. The number of carbonyl (C=O) groups excluding carboxylic acids is 8. The molecule has 3 unspecified atom stereocenters. The molecule has 4 rings (SSSR count). The smallest absolute Gasteiger partial charge is 0.481 e. The van der Waals surface area contributed by atoms with E-state index in [1.165, 1.54) is 69.3 Å². The maximum atomic E-state index is 12.9. The Morgan fingerprint density at radius 3 is 1.04 bits per heavy atom. The first-order chi connectivity index (χ1) is 59.4. The average molecular weight is 2150 g/mol. The third-order valence-corrected chi connectivity index (χ3v) is 38.4. The molecular formula is C91H168Br2ClLiN10O21S4Si3. The van der Waals surface area contributed by atoms with Crippen molar-refractivity contribution in [2.24, 2.45) is 23.7 Å². The van der Waals surface area contributed by atoms with Crippen LogP contribution in [0.4, 0.5) is 24.3 Å². The van der Waals surface area contributed by atoms with Gasteiger partial charge in [0.15, 0.2) is 59.2 Å². The second-order valence-electron chi connectivity index (χ2n) is 40.7. The fourth-order valence-corrected chi connectivity index (χ4v) is 14.2. The Bertz CT molecular complexity index is 4000. The number of Topliss-reactive ketones (excluding diaryl/α,β-unsaturated/α-hetero) is 1. The van der Waals surface area contributed by atoms with E-state index < -0.39 is 94.7 Å². The zero-order valence-electron chi connectivity index (χ0n) is 89.0. The predicted molar refractivity (Wildman–Crippen MR) is 551 cm³/mol. The topological polar surface area (TPSA) is 388 Å². The molecule has 4 N–H and O–H groups in total. The molecule has 42 heteroatoms. The van der Waals surface area contributed by atoms with Gasteiger partial charge in [-0.05, 0) is 194 Å². The van der Waals surface area contributed by atoms with Crippen LogP contribution >= 0.6 is 88.3 Å². The Morgan fingerprint density at radius 2 is 0.782 bits per heavy atom. The number of ketones is 1. The Morgan fingerprint density at radius 1 is 0.474 bits per heavy atom. The molecular weight excluding hydrogens is 1980 g/mol. The number of hydrogen-bond acceptors (Lipinski definition) is 28. The molecule has 0 saturated carbocycles. The second-order valence-corrected chi connectivity index (χ2v) is 63.7. The number of esters is 2. The van der Waals surface area contributed by atoms with Crippen LogP contribution in [0.5, 0.6) is 0 Å². The van der Waals surface area contributed by atoms with Crippen LogP contribution in [0.15, 0.2) is 29.4 Å². The third kappa shape index (κ3) is 61.8. The number of nitrogens with zero attached hydrogens (tertiary/aromatic N) is 9. The standard InChI is InChI=1S/C22H40N2O4SSi.C14H28N2O4.C12H23NO4.C11H21NO4.C10H18BrNOSSi.C6H6BrNO2S.C6H15ClSi.C6H8N2O2S.C4H9.Li/c1-15(2)17(24(9)20(26)28-21(3,4)5)12-18(25)19-23-16(14-29-19)13-27-30(10,11)22(6,7)8;1-10(2)11(9-12(17)16(7)19-8)15(6)13(18)20-14(3,4)5;1-8(2)9(7-10(14)15)13(6)11(16)17-12(3,4)5;1-7(2)8(9(13)14)12(6)10(15)16-11(3,4)5;1-10(2,3)15(4,5)13-6-8-7-14-9(11)12-8;1-2-10-5(9)4-3-11-6(7)8-4;1-6(2,3)8(4,5)7;1-2-10-5(9)4-3-11-6(7)8-4;1-3-4-2;/h14-15,17H,12-13H2,1-11H3;10-11H,9H2,1-8H3;8-9H,7H2,1-6H3,(H,14,15);7-8H,1-6H3,(H,13,14);7H,6H2,1-5H3;3H,2H2,1H3;1-5H3;3H,2H2,1H3,(H2,7,8);1,3-4H2,2H3;/q;;;;;;;;-1;+1/t17-;;;;;;;;;/m1........./s1. The first-order valence-corrected chi connectivity index (χ1v) is 58.9. The maximum absolute atomic E-state index is 12.9. The zero-order chi connectivity index (χ0) is 105. The number of unbranched alkanes of at least 4 members (excludes halogenated alkanes) is 1. The van der Waals surface area contributed by atoms with Gasteiger partial charge < -0.3 is 74.8 Å². The molecule has 0 aliphatic rings. The van der Waals surface area contributed by atoms with E-state index in [2.05, 4.69) is 167 Å². The summed E-state index contributed by atoms with van der Waals surface area (Å²) in [6.45, 7) is 80.9. The minimum Gasteiger partial charge on any atom is -0.481 e. The number of carboxylic acid groups (broad SMARTS) is 2. The molecule has 0 aromatic carbocycles. The Labute approximate surface area is 851 Å². The van der Waals surface area contributed by atoms with Crippen LogP contribution in [0.1, 0.15) is 296 Å².